The minimum Gasteiger partial charge on any atom is -0.496 e. The van der Waals surface area contributed by atoms with Crippen LogP contribution in [0.4, 0.5) is 0 Å². The highest BCUT2D eigenvalue weighted by atomic mass is 32.2. The Bertz CT molecular complexity index is 946. The van der Waals surface area contributed by atoms with Crippen LogP contribution in [0.15, 0.2) is 58.8 Å². The quantitative estimate of drug-likeness (QED) is 0.716. The third-order valence-corrected chi connectivity index (χ3v) is 5.22. The van der Waals surface area contributed by atoms with E-state index in [0.29, 0.717) is 0 Å². The predicted octanol–water partition coefficient (Wildman–Crippen LogP) is 4.01. The van der Waals surface area contributed by atoms with E-state index in [-0.39, 0.29) is 5.25 Å². The van der Waals surface area contributed by atoms with Gasteiger partial charge in [0, 0.05) is 11.1 Å². The Hall–Kier alpha value is -2.60. The summed E-state index contributed by atoms with van der Waals surface area (Å²) in [6.07, 6.45) is 0. The molecule has 0 unspecified atom stereocenters. The lowest BCUT2D eigenvalue weighted by Crippen LogP contribution is -2.22. The van der Waals surface area contributed by atoms with Crippen molar-refractivity contribution < 1.29 is 4.74 Å². The molecule has 0 saturated carbocycles. The van der Waals surface area contributed by atoms with Gasteiger partial charge in [-0.3, -0.25) is 0 Å². The molecule has 126 valence electrons. The summed E-state index contributed by atoms with van der Waals surface area (Å²) in [6.45, 7) is 4.19. The van der Waals surface area contributed by atoms with Crippen LogP contribution in [0.1, 0.15) is 18.1 Å². The predicted molar refractivity (Wildman–Crippen MR) is 100 cm³/mol. The van der Waals surface area contributed by atoms with Gasteiger partial charge in [0.25, 0.3) is 0 Å². The first-order valence-electron chi connectivity index (χ1n) is 8.08. The molecular weight excluding hydrogens is 332 g/mol. The summed E-state index contributed by atoms with van der Waals surface area (Å²) in [6, 6.07) is 16.2. The molecule has 0 aliphatic carbocycles. The number of rotatable bonds is 3. The number of nitrogens with zero attached hydrogens (tertiary/aromatic N) is 4. The largest absolute Gasteiger partial charge is 0.496 e. The molecule has 3 aromatic rings. The minimum absolute atomic E-state index is 0.166. The molecule has 5 nitrogen and oxygen atoms in total. The summed E-state index contributed by atoms with van der Waals surface area (Å²) in [4.78, 5) is 0. The van der Waals surface area contributed by atoms with E-state index in [9.17, 15) is 0 Å². The number of para-hydroxylation sites is 1. The molecule has 0 bridgehead atoms. The molecule has 1 aromatic heterocycles. The third kappa shape index (κ3) is 2.82. The monoisotopic (exact) mass is 350 g/mol. The Balaban J connectivity index is 1.84. The molecule has 0 N–H and O–H groups in total. The highest BCUT2D eigenvalue weighted by Gasteiger charge is 2.27. The molecule has 1 atom stereocenters. The van der Waals surface area contributed by atoms with Gasteiger partial charge >= 0.3 is 0 Å². The minimum atomic E-state index is 0.166. The summed E-state index contributed by atoms with van der Waals surface area (Å²) in [5, 5.41) is 14.5. The molecule has 0 amide bonds. The highest BCUT2D eigenvalue weighted by Crippen LogP contribution is 2.34. The third-order valence-electron chi connectivity index (χ3n) is 4.18. The number of benzene rings is 2. The number of thioether (sulfide) groups is 1. The topological polar surface area (TPSA) is 52.3 Å². The molecule has 0 radical (unpaired) electrons. The summed E-state index contributed by atoms with van der Waals surface area (Å²) in [5.41, 5.74) is 4.17. The number of ether oxygens (including phenoxy) is 1. The number of aromatic nitrogens is 3. The van der Waals surface area contributed by atoms with Crippen LogP contribution in [0.3, 0.4) is 0 Å². The van der Waals surface area contributed by atoms with Gasteiger partial charge in [-0.15, -0.1) is 10.2 Å². The van der Waals surface area contributed by atoms with E-state index in [2.05, 4.69) is 36.2 Å². The van der Waals surface area contributed by atoms with Crippen LogP contribution in [-0.2, 0) is 0 Å². The van der Waals surface area contributed by atoms with Crippen LogP contribution in [0.25, 0.3) is 11.4 Å². The van der Waals surface area contributed by atoms with Crippen molar-refractivity contribution in [3.8, 4) is 17.1 Å². The molecule has 2 heterocycles. The second-order valence-electron chi connectivity index (χ2n) is 5.93. The molecular formula is C19H18N4OS. The fourth-order valence-corrected chi connectivity index (χ4v) is 3.76. The molecule has 0 fully saturated rings. The fraction of sp³-hybridized carbons (Fsp3) is 0.211. The number of hydrogen-bond donors (Lipinski definition) is 0. The van der Waals surface area contributed by atoms with Gasteiger partial charge in [0.05, 0.1) is 18.1 Å². The molecule has 0 saturated heterocycles. The maximum Gasteiger partial charge on any atom is 0.213 e. The molecule has 1 aliphatic rings. The van der Waals surface area contributed by atoms with E-state index in [1.54, 1.807) is 18.9 Å². The molecule has 6 heteroatoms. The molecule has 0 spiro atoms. The SMILES string of the molecule is COc1ccccc1C1=Nn2c(nnc2-c2ccc(C)cc2)S[C@H]1C. The van der Waals surface area contributed by atoms with Crippen molar-refractivity contribution in [3.63, 3.8) is 0 Å². The van der Waals surface area contributed by atoms with Gasteiger partial charge in [0.15, 0.2) is 5.82 Å². The number of fused-ring (bicyclic) bond motifs is 1. The van der Waals surface area contributed by atoms with E-state index in [1.165, 1.54) is 5.56 Å². The van der Waals surface area contributed by atoms with Crippen molar-refractivity contribution in [1.82, 2.24) is 14.9 Å². The summed E-state index contributed by atoms with van der Waals surface area (Å²) < 4.78 is 7.34. The van der Waals surface area contributed by atoms with Gasteiger partial charge in [-0.2, -0.15) is 9.78 Å². The Morgan fingerprint density at radius 1 is 1.04 bits per heavy atom. The first-order valence-corrected chi connectivity index (χ1v) is 8.96. The molecule has 1 aliphatic heterocycles. The van der Waals surface area contributed by atoms with Crippen molar-refractivity contribution in [3.05, 3.63) is 59.7 Å². The Morgan fingerprint density at radius 2 is 1.80 bits per heavy atom. The van der Waals surface area contributed by atoms with Crippen molar-refractivity contribution in [2.75, 3.05) is 7.11 Å². The maximum atomic E-state index is 5.51. The number of aryl methyl sites for hydroxylation is 1. The Labute approximate surface area is 150 Å². The van der Waals surface area contributed by atoms with E-state index >= 15 is 0 Å². The maximum absolute atomic E-state index is 5.51. The van der Waals surface area contributed by atoms with Crippen LogP contribution in [0.2, 0.25) is 0 Å². The van der Waals surface area contributed by atoms with E-state index in [4.69, 9.17) is 9.84 Å². The lowest BCUT2D eigenvalue weighted by Gasteiger charge is -2.21. The lowest BCUT2D eigenvalue weighted by atomic mass is 10.1. The van der Waals surface area contributed by atoms with Gasteiger partial charge in [-0.25, -0.2) is 0 Å². The van der Waals surface area contributed by atoms with E-state index < -0.39 is 0 Å². The average Bonchev–Trinajstić information content (AvgIpc) is 3.04. The first kappa shape index (κ1) is 15.9. The van der Waals surface area contributed by atoms with Crippen molar-refractivity contribution in [1.29, 1.82) is 0 Å². The van der Waals surface area contributed by atoms with E-state index in [0.717, 1.165) is 33.6 Å². The second kappa shape index (κ2) is 6.37. The number of methoxy groups -OCH3 is 1. The van der Waals surface area contributed by atoms with Crippen LogP contribution < -0.4 is 4.74 Å². The number of hydrogen-bond acceptors (Lipinski definition) is 5. The molecule has 25 heavy (non-hydrogen) atoms. The normalized spacial score (nSPS) is 16.3. The first-order chi connectivity index (χ1) is 12.2. The lowest BCUT2D eigenvalue weighted by molar-refractivity contribution is 0.414. The summed E-state index contributed by atoms with van der Waals surface area (Å²) >= 11 is 1.66. The van der Waals surface area contributed by atoms with Gasteiger partial charge in [0.1, 0.15) is 5.75 Å². The van der Waals surface area contributed by atoms with Crippen molar-refractivity contribution in [2.45, 2.75) is 24.3 Å². The zero-order valence-corrected chi connectivity index (χ0v) is 15.1. The zero-order chi connectivity index (χ0) is 17.4. The van der Waals surface area contributed by atoms with E-state index in [1.807, 2.05) is 41.1 Å². The summed E-state index contributed by atoms with van der Waals surface area (Å²) in [7, 11) is 1.68. The fourth-order valence-electron chi connectivity index (χ4n) is 2.84. The second-order valence-corrected chi connectivity index (χ2v) is 7.24. The van der Waals surface area contributed by atoms with Crippen molar-refractivity contribution in [2.24, 2.45) is 5.10 Å². The highest BCUT2D eigenvalue weighted by molar-refractivity contribution is 8.00. The molecule has 4 rings (SSSR count). The zero-order valence-electron chi connectivity index (χ0n) is 14.3. The van der Waals surface area contributed by atoms with Crippen LogP contribution >= 0.6 is 11.8 Å². The van der Waals surface area contributed by atoms with Crippen LogP contribution in [0.5, 0.6) is 5.75 Å². The van der Waals surface area contributed by atoms with Crippen LogP contribution in [-0.4, -0.2) is 32.9 Å². The van der Waals surface area contributed by atoms with Gasteiger partial charge in [-0.1, -0.05) is 53.7 Å². The Kier molecular flexibility index (Phi) is 4.05. The smallest absolute Gasteiger partial charge is 0.213 e. The van der Waals surface area contributed by atoms with Gasteiger partial charge < -0.3 is 4.74 Å². The molecule has 2 aromatic carbocycles. The standard InChI is InChI=1S/C19H18N4OS/c1-12-8-10-14(11-9-12)18-20-21-19-23(18)22-17(13(2)25-19)15-6-4-5-7-16(15)24-3/h4-11,13H,1-3H3/t13-/m0/s1. The van der Waals surface area contributed by atoms with Gasteiger partial charge in [0.2, 0.25) is 5.16 Å². The Morgan fingerprint density at radius 3 is 2.56 bits per heavy atom. The summed E-state index contributed by atoms with van der Waals surface area (Å²) in [5.74, 6) is 1.57. The average molecular weight is 350 g/mol. The van der Waals surface area contributed by atoms with Crippen molar-refractivity contribution >= 4 is 17.5 Å². The van der Waals surface area contributed by atoms with Gasteiger partial charge in [-0.05, 0) is 26.0 Å². The van der Waals surface area contributed by atoms with Crippen LogP contribution in [0, 0.1) is 6.92 Å².